The van der Waals surface area contributed by atoms with Crippen LogP contribution in [0.25, 0.3) is 0 Å². The summed E-state index contributed by atoms with van der Waals surface area (Å²) < 4.78 is 0. The minimum absolute atomic E-state index is 0. The molecule has 0 saturated carbocycles. The second-order valence-electron chi connectivity index (χ2n) is 0. The van der Waals surface area contributed by atoms with Crippen LogP contribution in [0.1, 0.15) is 0 Å². The first-order valence-electron chi connectivity index (χ1n) is 0. The maximum Gasteiger partial charge on any atom is 4.00 e. The minimum atomic E-state index is 0. The van der Waals surface area contributed by atoms with Gasteiger partial charge in [0.05, 0.1) is 0 Å². The van der Waals surface area contributed by atoms with Crippen molar-refractivity contribution in [2.45, 2.75) is 0 Å². The zero-order chi connectivity index (χ0) is 0. The first kappa shape index (κ1) is 46.8. The van der Waals surface area contributed by atoms with Gasteiger partial charge in [-0.15, -0.1) is 0 Å². The monoisotopic (exact) mass is 153 g/mol. The van der Waals surface area contributed by atoms with E-state index in [-0.39, 0.29) is 58.9 Å². The Kier molecular flexibility index (Phi) is 274. The topological polar surface area (TPSA) is 0 Å². The second kappa shape index (κ2) is 23.5. The van der Waals surface area contributed by atoms with E-state index in [0.29, 0.717) is 0 Å². The Balaban J connectivity index is 0. The van der Waals surface area contributed by atoms with Crippen molar-refractivity contribution in [1.29, 1.82) is 0 Å². The number of hydrogen-bond acceptors (Lipinski definition) is 0. The van der Waals surface area contributed by atoms with E-state index in [4.69, 9.17) is 0 Å². The second-order valence-corrected chi connectivity index (χ2v) is 0. The molecule has 4 heavy (non-hydrogen) atoms. The van der Waals surface area contributed by atoms with Gasteiger partial charge in [0.1, 0.15) is 0 Å². The van der Waals surface area contributed by atoms with Crippen LogP contribution in [0, 0.1) is 0 Å². The predicted octanol–water partition coefficient (Wildman–Crippen LogP) is -8.99. The molecule has 0 atom stereocenters. The van der Waals surface area contributed by atoms with Crippen LogP contribution in [-0.2, 0) is 21.7 Å². The van der Waals surface area contributed by atoms with Gasteiger partial charge in [-0.1, -0.05) is 0 Å². The van der Waals surface area contributed by atoms with Gasteiger partial charge in [-0.2, -0.15) is 0 Å². The molecule has 0 nitrogen and oxygen atoms in total. The average molecular weight is 154 g/mol. The third-order valence-corrected chi connectivity index (χ3v) is 0. The number of halogens is 3. The van der Waals surface area contributed by atoms with Crippen LogP contribution in [0.3, 0.4) is 0 Å². The Bertz CT molecular complexity index is 3.25. The minimum Gasteiger partial charge on any atom is -1.00 e. The summed E-state index contributed by atoms with van der Waals surface area (Å²) in [7, 11) is 0. The number of hydrogen-bond donors (Lipinski definition) is 0. The Morgan fingerprint density at radius 1 is 0.500 bits per heavy atom. The molecule has 0 aliphatic carbocycles. The fourth-order valence-electron chi connectivity index (χ4n) is 0. The largest absolute Gasteiger partial charge is 4.00 e. The average Bonchev–Trinajstić information content (AvgIpc) is 0. The zero-order valence-electron chi connectivity index (χ0n) is 1.63. The van der Waals surface area contributed by atoms with Gasteiger partial charge < -0.3 is 37.2 Å². The van der Waals surface area contributed by atoms with Crippen molar-refractivity contribution < 1.29 is 58.9 Å². The third kappa shape index (κ3) is 9.54. The van der Waals surface area contributed by atoms with E-state index in [2.05, 4.69) is 0 Å². The van der Waals surface area contributed by atoms with Crippen molar-refractivity contribution in [3.05, 3.63) is 0 Å². The van der Waals surface area contributed by atoms with Crippen molar-refractivity contribution in [2.24, 2.45) is 0 Å². The third-order valence-electron chi connectivity index (χ3n) is 0. The molecule has 0 N–H and O–H groups in total. The molecular weight excluding hydrogens is 154 g/mol. The van der Waals surface area contributed by atoms with Gasteiger partial charge in [0.25, 0.3) is 0 Å². The molecule has 0 aliphatic rings. The van der Waals surface area contributed by atoms with E-state index in [9.17, 15) is 0 Å². The summed E-state index contributed by atoms with van der Waals surface area (Å²) >= 11 is 0. The maximum atomic E-state index is 0. The van der Waals surface area contributed by atoms with Crippen molar-refractivity contribution in [2.75, 3.05) is 0 Å². The summed E-state index contributed by atoms with van der Waals surface area (Å²) in [6.07, 6.45) is 0. The summed E-state index contributed by atoms with van der Waals surface area (Å²) in [6, 6.07) is 0. The summed E-state index contributed by atoms with van der Waals surface area (Å²) in [6.45, 7) is 0. The van der Waals surface area contributed by atoms with Gasteiger partial charge in [0.2, 0.25) is 0 Å². The maximum absolute atomic E-state index is 0. The standard InChI is InChI=1S/3ClH.Ti/h3*1H;/q;;;+4/p-3. The first-order chi connectivity index (χ1) is 0. The molecule has 0 saturated heterocycles. The fraction of sp³-hybridized carbons (Fsp3) is 0. The normalized spacial score (nSPS) is 0. The van der Waals surface area contributed by atoms with Crippen LogP contribution in [0.2, 0.25) is 0 Å². The Morgan fingerprint density at radius 3 is 0.500 bits per heavy atom. The van der Waals surface area contributed by atoms with Crippen LogP contribution in [-0.4, -0.2) is 0 Å². The van der Waals surface area contributed by atoms with Crippen molar-refractivity contribution >= 4 is 0 Å². The molecule has 0 aliphatic heterocycles. The van der Waals surface area contributed by atoms with Crippen LogP contribution < -0.4 is 37.2 Å². The van der Waals surface area contributed by atoms with E-state index >= 15 is 0 Å². The molecule has 0 heterocycles. The van der Waals surface area contributed by atoms with Crippen LogP contribution >= 0.6 is 0 Å². The molecule has 0 aromatic rings. The molecule has 0 amide bonds. The van der Waals surface area contributed by atoms with Gasteiger partial charge in [0.15, 0.2) is 0 Å². The molecule has 0 rings (SSSR count). The number of rotatable bonds is 0. The molecule has 0 fully saturated rings. The van der Waals surface area contributed by atoms with Crippen LogP contribution in [0.15, 0.2) is 0 Å². The quantitative estimate of drug-likeness (QED) is 0.304. The zero-order valence-corrected chi connectivity index (χ0v) is 5.46. The van der Waals surface area contributed by atoms with Crippen LogP contribution in [0.4, 0.5) is 0 Å². The van der Waals surface area contributed by atoms with E-state index in [1.165, 1.54) is 0 Å². The van der Waals surface area contributed by atoms with E-state index in [1.54, 1.807) is 0 Å². The molecule has 4 heteroatoms. The SMILES string of the molecule is [Cl-].[Cl-].[Cl-].[Ti+4]. The van der Waals surface area contributed by atoms with Crippen molar-refractivity contribution in [1.82, 2.24) is 0 Å². The van der Waals surface area contributed by atoms with Crippen molar-refractivity contribution in [3.63, 3.8) is 0 Å². The van der Waals surface area contributed by atoms with Gasteiger partial charge >= 0.3 is 21.7 Å². The van der Waals surface area contributed by atoms with Gasteiger partial charge in [0, 0.05) is 0 Å². The van der Waals surface area contributed by atoms with Crippen molar-refractivity contribution in [3.8, 4) is 0 Å². The Morgan fingerprint density at radius 2 is 0.500 bits per heavy atom. The molecule has 0 aromatic carbocycles. The van der Waals surface area contributed by atoms with E-state index < -0.39 is 0 Å². The van der Waals surface area contributed by atoms with Gasteiger partial charge in [-0.3, -0.25) is 0 Å². The smallest absolute Gasteiger partial charge is 1.00 e. The predicted molar refractivity (Wildman–Crippen MR) is 0 cm³/mol. The van der Waals surface area contributed by atoms with E-state index in [1.807, 2.05) is 0 Å². The van der Waals surface area contributed by atoms with E-state index in [0.717, 1.165) is 0 Å². The Hall–Kier alpha value is 1.58. The Labute approximate surface area is 58.8 Å². The molecule has 0 bridgehead atoms. The summed E-state index contributed by atoms with van der Waals surface area (Å²) in [5.74, 6) is 0. The molecule has 0 radical (unpaired) electrons. The summed E-state index contributed by atoms with van der Waals surface area (Å²) in [5.41, 5.74) is 0. The first-order valence-corrected chi connectivity index (χ1v) is 0. The van der Waals surface area contributed by atoms with Gasteiger partial charge in [-0.25, -0.2) is 0 Å². The molecule has 0 spiro atoms. The summed E-state index contributed by atoms with van der Waals surface area (Å²) in [4.78, 5) is 0. The molecular formula is Cl3Ti+. The van der Waals surface area contributed by atoms with Gasteiger partial charge in [-0.05, 0) is 0 Å². The molecule has 24 valence electrons. The summed E-state index contributed by atoms with van der Waals surface area (Å²) in [5, 5.41) is 0. The molecule has 0 aromatic heterocycles. The van der Waals surface area contributed by atoms with Crippen LogP contribution in [0.5, 0.6) is 0 Å². The fourth-order valence-corrected chi connectivity index (χ4v) is 0. The molecule has 0 unspecified atom stereocenters.